The van der Waals surface area contributed by atoms with Gasteiger partial charge in [-0.3, -0.25) is 19.7 Å². The van der Waals surface area contributed by atoms with Gasteiger partial charge in [0.1, 0.15) is 11.4 Å². The minimum absolute atomic E-state index is 0.0868. The van der Waals surface area contributed by atoms with Crippen LogP contribution in [0.5, 0.6) is 5.75 Å². The smallest absolute Gasteiger partial charge is 0.271 e. The fourth-order valence-electron chi connectivity index (χ4n) is 2.69. The third-order valence-electron chi connectivity index (χ3n) is 3.83. The summed E-state index contributed by atoms with van der Waals surface area (Å²) in [6.07, 6.45) is 0.232. The summed E-state index contributed by atoms with van der Waals surface area (Å²) in [6, 6.07) is 10.3. The number of hydrogen-bond acceptors (Lipinski definition) is 5. The van der Waals surface area contributed by atoms with Crippen LogP contribution in [0.15, 0.2) is 42.5 Å². The molecule has 128 valence electrons. The predicted molar refractivity (Wildman–Crippen MR) is 91.1 cm³/mol. The second kappa shape index (κ2) is 6.01. The molecule has 0 saturated carbocycles. The first kappa shape index (κ1) is 16.6. The topological polar surface area (TPSA) is 98.5 Å². The van der Waals surface area contributed by atoms with Crippen LogP contribution in [0.4, 0.5) is 11.4 Å². The van der Waals surface area contributed by atoms with Crippen molar-refractivity contribution in [2.24, 2.45) is 0 Å². The number of nitro benzene ring substituents is 1. The van der Waals surface area contributed by atoms with E-state index in [9.17, 15) is 19.7 Å². The maximum absolute atomic E-state index is 12.4. The molecule has 0 fully saturated rings. The number of ketones is 1. The number of Topliss-reactive ketones (excluding diaryl/α,β-unsaturated/α-hetero) is 1. The number of nitrogens with one attached hydrogen (secondary N) is 1. The third kappa shape index (κ3) is 3.50. The fraction of sp³-hybridized carbons (Fsp3) is 0.222. The van der Waals surface area contributed by atoms with E-state index < -0.39 is 16.4 Å². The Labute approximate surface area is 143 Å². The number of carbonyl (C=O) groups is 2. The molecule has 3 rings (SSSR count). The first-order valence-electron chi connectivity index (χ1n) is 7.67. The number of ether oxygens (including phenoxy) is 1. The average molecular weight is 340 g/mol. The van der Waals surface area contributed by atoms with Crippen molar-refractivity contribution in [1.82, 2.24) is 0 Å². The highest BCUT2D eigenvalue weighted by Gasteiger charge is 2.32. The maximum atomic E-state index is 12.4. The summed E-state index contributed by atoms with van der Waals surface area (Å²) in [5.74, 6) is -0.0923. The van der Waals surface area contributed by atoms with Gasteiger partial charge in [-0.2, -0.15) is 0 Å². The fourth-order valence-corrected chi connectivity index (χ4v) is 2.69. The summed E-state index contributed by atoms with van der Waals surface area (Å²) < 4.78 is 5.76. The number of nitro groups is 1. The van der Waals surface area contributed by atoms with Crippen molar-refractivity contribution in [2.75, 3.05) is 5.32 Å². The van der Waals surface area contributed by atoms with E-state index >= 15 is 0 Å². The highest BCUT2D eigenvalue weighted by atomic mass is 16.6. The number of hydrogen-bond donors (Lipinski definition) is 1. The molecule has 0 atom stereocenters. The standard InChI is InChI=1S/C18H16N2O5/c1-18(2)10-15(21)14-8-11(6-7-16(14)25-18)17(22)19-12-4-3-5-13(9-12)20(23)24/h3-9H,10H2,1-2H3,(H,19,22). The molecule has 7 nitrogen and oxygen atoms in total. The summed E-state index contributed by atoms with van der Waals surface area (Å²) in [5.41, 5.74) is 0.263. The Kier molecular flexibility index (Phi) is 4.00. The molecule has 1 aliphatic heterocycles. The molecule has 0 spiro atoms. The lowest BCUT2D eigenvalue weighted by molar-refractivity contribution is -0.384. The molecule has 2 aromatic rings. The third-order valence-corrected chi connectivity index (χ3v) is 3.83. The van der Waals surface area contributed by atoms with Crippen LogP contribution < -0.4 is 10.1 Å². The van der Waals surface area contributed by atoms with Crippen molar-refractivity contribution in [2.45, 2.75) is 25.9 Å². The minimum atomic E-state index is -0.573. The largest absolute Gasteiger partial charge is 0.487 e. The number of nitrogens with zero attached hydrogens (tertiary/aromatic N) is 1. The van der Waals surface area contributed by atoms with Crippen LogP contribution in [0, 0.1) is 10.1 Å². The molecule has 0 bridgehead atoms. The molecular weight excluding hydrogens is 324 g/mol. The average Bonchev–Trinajstić information content (AvgIpc) is 2.53. The zero-order valence-electron chi connectivity index (χ0n) is 13.7. The van der Waals surface area contributed by atoms with Gasteiger partial charge in [0, 0.05) is 23.4 Å². The van der Waals surface area contributed by atoms with Crippen LogP contribution in [-0.4, -0.2) is 22.2 Å². The molecule has 0 aliphatic carbocycles. The van der Waals surface area contributed by atoms with E-state index in [1.54, 1.807) is 18.2 Å². The van der Waals surface area contributed by atoms with Gasteiger partial charge in [-0.1, -0.05) is 6.07 Å². The van der Waals surface area contributed by atoms with Crippen molar-refractivity contribution >= 4 is 23.1 Å². The van der Waals surface area contributed by atoms with Gasteiger partial charge in [0.25, 0.3) is 11.6 Å². The summed E-state index contributed by atoms with van der Waals surface area (Å²) in [5, 5.41) is 13.4. The van der Waals surface area contributed by atoms with Crippen LogP contribution in [0.1, 0.15) is 41.0 Å². The number of fused-ring (bicyclic) bond motifs is 1. The summed E-state index contributed by atoms with van der Waals surface area (Å²) in [6.45, 7) is 3.66. The predicted octanol–water partition coefficient (Wildman–Crippen LogP) is 3.59. The molecule has 25 heavy (non-hydrogen) atoms. The van der Waals surface area contributed by atoms with Crippen molar-refractivity contribution in [3.05, 3.63) is 63.7 Å². The number of amides is 1. The molecule has 0 saturated heterocycles. The lowest BCUT2D eigenvalue weighted by atomic mass is 9.92. The first-order valence-corrected chi connectivity index (χ1v) is 7.67. The Balaban J connectivity index is 1.84. The van der Waals surface area contributed by atoms with Gasteiger partial charge in [0.2, 0.25) is 0 Å². The van der Waals surface area contributed by atoms with Crippen LogP contribution in [0.25, 0.3) is 0 Å². The van der Waals surface area contributed by atoms with E-state index in [4.69, 9.17) is 4.74 Å². The summed E-state index contributed by atoms with van der Waals surface area (Å²) >= 11 is 0. The lowest BCUT2D eigenvalue weighted by Gasteiger charge is -2.31. The van der Waals surface area contributed by atoms with Crippen molar-refractivity contribution in [3.63, 3.8) is 0 Å². The zero-order valence-corrected chi connectivity index (χ0v) is 13.7. The van der Waals surface area contributed by atoms with E-state index in [0.717, 1.165) is 0 Å². The molecule has 1 heterocycles. The monoisotopic (exact) mass is 340 g/mol. The Morgan fingerprint density at radius 1 is 1.24 bits per heavy atom. The van der Waals surface area contributed by atoms with Crippen molar-refractivity contribution < 1.29 is 19.2 Å². The lowest BCUT2D eigenvalue weighted by Crippen LogP contribution is -2.36. The highest BCUT2D eigenvalue weighted by Crippen LogP contribution is 2.33. The Morgan fingerprint density at radius 3 is 2.72 bits per heavy atom. The van der Waals surface area contributed by atoms with Gasteiger partial charge < -0.3 is 10.1 Å². The van der Waals surface area contributed by atoms with Gasteiger partial charge in [0.05, 0.1) is 16.9 Å². The number of anilines is 1. The summed E-state index contributed by atoms with van der Waals surface area (Å²) in [4.78, 5) is 34.9. The molecule has 7 heteroatoms. The first-order chi connectivity index (χ1) is 11.7. The highest BCUT2D eigenvalue weighted by molar-refractivity contribution is 6.07. The summed E-state index contributed by atoms with van der Waals surface area (Å²) in [7, 11) is 0. The quantitative estimate of drug-likeness (QED) is 0.680. The molecule has 0 radical (unpaired) electrons. The molecule has 1 aliphatic rings. The molecule has 2 aromatic carbocycles. The van der Waals surface area contributed by atoms with E-state index in [2.05, 4.69) is 5.32 Å². The van der Waals surface area contributed by atoms with Crippen LogP contribution in [0.3, 0.4) is 0 Å². The minimum Gasteiger partial charge on any atom is -0.487 e. The maximum Gasteiger partial charge on any atom is 0.271 e. The van der Waals surface area contributed by atoms with Crippen molar-refractivity contribution in [1.29, 1.82) is 0 Å². The molecule has 1 amide bonds. The van der Waals surface area contributed by atoms with Crippen molar-refractivity contribution in [3.8, 4) is 5.75 Å². The van der Waals surface area contributed by atoms with Gasteiger partial charge in [-0.25, -0.2) is 0 Å². The number of carbonyl (C=O) groups excluding carboxylic acids is 2. The Morgan fingerprint density at radius 2 is 2.00 bits per heavy atom. The number of rotatable bonds is 3. The molecule has 0 aromatic heterocycles. The zero-order chi connectivity index (χ0) is 18.2. The molecule has 0 unspecified atom stereocenters. The van der Waals surface area contributed by atoms with Gasteiger partial charge in [-0.15, -0.1) is 0 Å². The van der Waals surface area contributed by atoms with Crippen LogP contribution in [-0.2, 0) is 0 Å². The Hall–Kier alpha value is -3.22. The second-order valence-electron chi connectivity index (χ2n) is 6.43. The normalized spacial score (nSPS) is 15.0. The van der Waals surface area contributed by atoms with Crippen LogP contribution >= 0.6 is 0 Å². The van der Waals surface area contributed by atoms with Gasteiger partial charge in [0.15, 0.2) is 5.78 Å². The van der Waals surface area contributed by atoms with Crippen LogP contribution in [0.2, 0.25) is 0 Å². The molecule has 1 N–H and O–H groups in total. The van der Waals surface area contributed by atoms with Gasteiger partial charge in [-0.05, 0) is 38.1 Å². The van der Waals surface area contributed by atoms with E-state index in [0.29, 0.717) is 17.0 Å². The number of non-ortho nitro benzene ring substituents is 1. The Bertz CT molecular complexity index is 889. The SMILES string of the molecule is CC1(C)CC(=O)c2cc(C(=O)Nc3cccc([N+](=O)[O-])c3)ccc2O1. The van der Waals surface area contributed by atoms with E-state index in [-0.39, 0.29) is 23.5 Å². The molecular formula is C18H16N2O5. The second-order valence-corrected chi connectivity index (χ2v) is 6.43. The van der Waals surface area contributed by atoms with E-state index in [1.807, 2.05) is 13.8 Å². The van der Waals surface area contributed by atoms with Gasteiger partial charge >= 0.3 is 0 Å². The van der Waals surface area contributed by atoms with E-state index in [1.165, 1.54) is 24.3 Å². The number of benzene rings is 2.